The molecule has 0 N–H and O–H groups in total. The van der Waals surface area contributed by atoms with Crippen LogP contribution in [-0.4, -0.2) is 9.97 Å². The predicted octanol–water partition coefficient (Wildman–Crippen LogP) is 5.76. The highest BCUT2D eigenvalue weighted by Gasteiger charge is 2.23. The fraction of sp³-hybridized carbons (Fsp3) is 0.238. The second-order valence-corrected chi connectivity index (χ2v) is 7.91. The molecule has 1 aliphatic carbocycles. The van der Waals surface area contributed by atoms with Crippen molar-refractivity contribution in [3.63, 3.8) is 0 Å². The Morgan fingerprint density at radius 2 is 1.96 bits per heavy atom. The molecule has 25 heavy (non-hydrogen) atoms. The summed E-state index contributed by atoms with van der Waals surface area (Å²) in [6, 6.07) is 14.5. The van der Waals surface area contributed by atoms with E-state index in [1.165, 1.54) is 27.6 Å². The molecule has 0 radical (unpaired) electrons. The summed E-state index contributed by atoms with van der Waals surface area (Å²) in [5.74, 6) is 2.26. The molecule has 0 saturated heterocycles. The van der Waals surface area contributed by atoms with Crippen molar-refractivity contribution in [2.45, 2.75) is 26.2 Å². The first-order valence-electron chi connectivity index (χ1n) is 8.70. The Balaban J connectivity index is 1.60. The van der Waals surface area contributed by atoms with E-state index in [2.05, 4.69) is 47.2 Å². The number of benzene rings is 2. The molecule has 3 nitrogen and oxygen atoms in total. The second-order valence-electron chi connectivity index (χ2n) is 6.82. The van der Waals surface area contributed by atoms with E-state index in [9.17, 15) is 0 Å². The van der Waals surface area contributed by atoms with Crippen molar-refractivity contribution in [3.8, 4) is 11.6 Å². The van der Waals surface area contributed by atoms with Crippen molar-refractivity contribution in [3.05, 3.63) is 59.2 Å². The Morgan fingerprint density at radius 3 is 2.88 bits per heavy atom. The standard InChI is InChI=1S/C21H18N2OS/c1-13-6-9-17-18(10-13)25-21-19(17)20(22-12-23-21)24-16-8-7-14-4-2-3-5-15(14)11-16/h2-5,7-8,11-13H,6,9-10H2,1H3. The summed E-state index contributed by atoms with van der Waals surface area (Å²) in [6.07, 6.45) is 5.08. The topological polar surface area (TPSA) is 35.0 Å². The highest BCUT2D eigenvalue weighted by molar-refractivity contribution is 7.18. The highest BCUT2D eigenvalue weighted by Crippen LogP contribution is 2.41. The van der Waals surface area contributed by atoms with Crippen molar-refractivity contribution in [2.24, 2.45) is 5.92 Å². The lowest BCUT2D eigenvalue weighted by atomic mass is 9.89. The van der Waals surface area contributed by atoms with Crippen molar-refractivity contribution < 1.29 is 4.74 Å². The first-order valence-corrected chi connectivity index (χ1v) is 9.51. The molecule has 0 spiro atoms. The summed E-state index contributed by atoms with van der Waals surface area (Å²) >= 11 is 1.80. The van der Waals surface area contributed by atoms with Gasteiger partial charge in [0.1, 0.15) is 16.9 Å². The molecule has 1 unspecified atom stereocenters. The van der Waals surface area contributed by atoms with Crippen LogP contribution < -0.4 is 4.74 Å². The number of hydrogen-bond acceptors (Lipinski definition) is 4. The SMILES string of the molecule is CC1CCc2c(sc3ncnc(Oc4ccc5ccccc5c4)c23)C1. The first kappa shape index (κ1) is 14.8. The molecule has 1 atom stereocenters. The molecule has 0 bridgehead atoms. The van der Waals surface area contributed by atoms with Crippen LogP contribution in [0.3, 0.4) is 0 Å². The molecule has 4 aromatic rings. The van der Waals surface area contributed by atoms with E-state index in [0.29, 0.717) is 5.88 Å². The Labute approximate surface area is 150 Å². The predicted molar refractivity (Wildman–Crippen MR) is 103 cm³/mol. The highest BCUT2D eigenvalue weighted by atomic mass is 32.1. The summed E-state index contributed by atoms with van der Waals surface area (Å²) in [5.41, 5.74) is 1.40. The Hall–Kier alpha value is -2.46. The largest absolute Gasteiger partial charge is 0.438 e. The third-order valence-electron chi connectivity index (χ3n) is 4.99. The molecule has 2 aromatic heterocycles. The molecule has 5 rings (SSSR count). The Kier molecular flexibility index (Phi) is 3.45. The quantitative estimate of drug-likeness (QED) is 0.463. The van der Waals surface area contributed by atoms with Crippen LogP contribution in [-0.2, 0) is 12.8 Å². The molecule has 2 heterocycles. The van der Waals surface area contributed by atoms with Gasteiger partial charge in [0.05, 0.1) is 5.39 Å². The van der Waals surface area contributed by atoms with Crippen LogP contribution in [0.2, 0.25) is 0 Å². The average molecular weight is 346 g/mol. The number of thiophene rings is 1. The van der Waals surface area contributed by atoms with Crippen molar-refractivity contribution in [2.75, 3.05) is 0 Å². The minimum atomic E-state index is 0.687. The Bertz CT molecular complexity index is 1090. The van der Waals surface area contributed by atoms with Crippen LogP contribution in [0.1, 0.15) is 23.8 Å². The zero-order valence-electron chi connectivity index (χ0n) is 14.0. The maximum absolute atomic E-state index is 6.21. The van der Waals surface area contributed by atoms with E-state index in [4.69, 9.17) is 4.74 Å². The zero-order chi connectivity index (χ0) is 16.8. The third kappa shape index (κ3) is 2.57. The maximum atomic E-state index is 6.21. The number of rotatable bonds is 2. The fourth-order valence-electron chi connectivity index (χ4n) is 3.67. The smallest absolute Gasteiger partial charge is 0.231 e. The third-order valence-corrected chi connectivity index (χ3v) is 6.15. The van der Waals surface area contributed by atoms with Gasteiger partial charge < -0.3 is 4.74 Å². The van der Waals surface area contributed by atoms with Gasteiger partial charge in [-0.1, -0.05) is 37.3 Å². The van der Waals surface area contributed by atoms with E-state index in [0.717, 1.165) is 34.7 Å². The summed E-state index contributed by atoms with van der Waals surface area (Å²) in [4.78, 5) is 11.4. The molecule has 0 aliphatic heterocycles. The number of ether oxygens (including phenoxy) is 1. The van der Waals surface area contributed by atoms with E-state index in [1.807, 2.05) is 12.1 Å². The number of hydrogen-bond donors (Lipinski definition) is 0. The molecular weight excluding hydrogens is 328 g/mol. The number of fused-ring (bicyclic) bond motifs is 4. The minimum absolute atomic E-state index is 0.687. The van der Waals surface area contributed by atoms with Gasteiger partial charge in [0.15, 0.2) is 0 Å². The summed E-state index contributed by atoms with van der Waals surface area (Å²) < 4.78 is 6.21. The van der Waals surface area contributed by atoms with Crippen molar-refractivity contribution in [1.82, 2.24) is 9.97 Å². The van der Waals surface area contributed by atoms with Crippen LogP contribution in [0.4, 0.5) is 0 Å². The molecule has 0 amide bonds. The van der Waals surface area contributed by atoms with Gasteiger partial charge in [-0.3, -0.25) is 0 Å². The Morgan fingerprint density at radius 1 is 1.08 bits per heavy atom. The van der Waals surface area contributed by atoms with Gasteiger partial charge in [0, 0.05) is 4.88 Å². The van der Waals surface area contributed by atoms with Crippen molar-refractivity contribution in [1.29, 1.82) is 0 Å². The molecule has 0 fully saturated rings. The van der Waals surface area contributed by atoms with Gasteiger partial charge in [0.25, 0.3) is 0 Å². The van der Waals surface area contributed by atoms with E-state index in [1.54, 1.807) is 17.7 Å². The van der Waals surface area contributed by atoms with Gasteiger partial charge in [-0.2, -0.15) is 0 Å². The number of aryl methyl sites for hydroxylation is 1. The van der Waals surface area contributed by atoms with Crippen LogP contribution >= 0.6 is 11.3 Å². The molecule has 2 aromatic carbocycles. The summed E-state index contributed by atoms with van der Waals surface area (Å²) in [7, 11) is 0. The average Bonchev–Trinajstić information content (AvgIpc) is 3.00. The molecule has 4 heteroatoms. The van der Waals surface area contributed by atoms with E-state index >= 15 is 0 Å². The monoisotopic (exact) mass is 346 g/mol. The van der Waals surface area contributed by atoms with E-state index in [-0.39, 0.29) is 0 Å². The van der Waals surface area contributed by atoms with Gasteiger partial charge in [-0.15, -0.1) is 11.3 Å². The molecule has 1 aliphatic rings. The molecular formula is C21H18N2OS. The van der Waals surface area contributed by atoms with Crippen LogP contribution in [0, 0.1) is 5.92 Å². The summed E-state index contributed by atoms with van der Waals surface area (Å²) in [5, 5.41) is 3.50. The normalized spacial score (nSPS) is 16.9. The van der Waals surface area contributed by atoms with Crippen LogP contribution in [0.5, 0.6) is 11.6 Å². The van der Waals surface area contributed by atoms with Gasteiger partial charge in [-0.25, -0.2) is 9.97 Å². The summed E-state index contributed by atoms with van der Waals surface area (Å²) in [6.45, 7) is 2.32. The second kappa shape index (κ2) is 5.81. The van der Waals surface area contributed by atoms with E-state index < -0.39 is 0 Å². The lowest BCUT2D eigenvalue weighted by Gasteiger charge is -2.18. The lowest BCUT2D eigenvalue weighted by molar-refractivity contribution is 0.467. The zero-order valence-corrected chi connectivity index (χ0v) is 14.8. The van der Waals surface area contributed by atoms with Crippen LogP contribution in [0.25, 0.3) is 21.0 Å². The van der Waals surface area contributed by atoms with Crippen LogP contribution in [0.15, 0.2) is 48.8 Å². The minimum Gasteiger partial charge on any atom is -0.438 e. The fourth-order valence-corrected chi connectivity index (χ4v) is 5.01. The molecule has 124 valence electrons. The van der Waals surface area contributed by atoms with Gasteiger partial charge in [-0.05, 0) is 53.6 Å². The molecule has 0 saturated carbocycles. The first-order chi connectivity index (χ1) is 12.3. The number of nitrogens with zero attached hydrogens (tertiary/aromatic N) is 2. The van der Waals surface area contributed by atoms with Gasteiger partial charge in [0.2, 0.25) is 5.88 Å². The van der Waals surface area contributed by atoms with Crippen molar-refractivity contribution >= 4 is 32.3 Å². The number of aromatic nitrogens is 2. The maximum Gasteiger partial charge on any atom is 0.231 e. The lowest BCUT2D eigenvalue weighted by Crippen LogP contribution is -2.08. The van der Waals surface area contributed by atoms with Gasteiger partial charge >= 0.3 is 0 Å².